The third-order valence-electron chi connectivity index (χ3n) is 3.35. The molecule has 0 amide bonds. The van der Waals surface area contributed by atoms with Crippen LogP contribution >= 0.6 is 0 Å². The Balaban J connectivity index is 2.43. The number of halogens is 1. The van der Waals surface area contributed by atoms with Gasteiger partial charge in [-0.15, -0.1) is 0 Å². The van der Waals surface area contributed by atoms with E-state index in [9.17, 15) is 24.5 Å². The van der Waals surface area contributed by atoms with Gasteiger partial charge in [-0.1, -0.05) is 60.7 Å². The average Bonchev–Trinajstić information content (AvgIpc) is 2.54. The molecule has 0 fully saturated rings. The van der Waals surface area contributed by atoms with Crippen molar-refractivity contribution in [3.63, 3.8) is 0 Å². The molecule has 2 aromatic rings. The highest BCUT2D eigenvalue weighted by Crippen LogP contribution is 2.40. The highest BCUT2D eigenvalue weighted by atomic mass is 19.1. The van der Waals surface area contributed by atoms with E-state index < -0.39 is 23.8 Å². The summed E-state index contributed by atoms with van der Waals surface area (Å²) in [4.78, 5) is 11.4. The Kier molecular flexibility index (Phi) is 4.35. The summed E-state index contributed by atoms with van der Waals surface area (Å²) < 4.78 is 15.0. The Morgan fingerprint density at radius 3 is 1.48 bits per heavy atom. The molecule has 0 aliphatic heterocycles. The van der Waals surface area contributed by atoms with Crippen LogP contribution in [-0.2, 0) is 4.79 Å². The lowest BCUT2D eigenvalue weighted by atomic mass is 9.84. The van der Waals surface area contributed by atoms with E-state index in [-0.39, 0.29) is 11.1 Å². The van der Waals surface area contributed by atoms with Gasteiger partial charge in [0.2, 0.25) is 0 Å². The number of carboxylic acids is 1. The quantitative estimate of drug-likeness (QED) is 0.789. The molecule has 0 saturated heterocycles. The SMILES string of the molecule is O=C(O)C(F)(C(O)c1ccccc1)C(O)c1ccccc1. The molecule has 0 bridgehead atoms. The second-order valence-electron chi connectivity index (χ2n) is 4.70. The lowest BCUT2D eigenvalue weighted by molar-refractivity contribution is -0.175. The second-order valence-corrected chi connectivity index (χ2v) is 4.70. The monoisotopic (exact) mass is 290 g/mol. The van der Waals surface area contributed by atoms with Gasteiger partial charge in [-0.05, 0) is 11.1 Å². The topological polar surface area (TPSA) is 77.8 Å². The van der Waals surface area contributed by atoms with Crippen molar-refractivity contribution < 1.29 is 24.5 Å². The number of aliphatic hydroxyl groups is 2. The molecule has 110 valence electrons. The van der Waals surface area contributed by atoms with Gasteiger partial charge in [0.15, 0.2) is 0 Å². The summed E-state index contributed by atoms with van der Waals surface area (Å²) in [5.41, 5.74) is -3.09. The standard InChI is InChI=1S/C16H15FO4/c17-16(15(20)21,13(18)11-7-3-1-4-8-11)14(19)12-9-5-2-6-10-12/h1-10,13-14,18-19H,(H,20,21). The van der Waals surface area contributed by atoms with E-state index in [4.69, 9.17) is 0 Å². The Bertz CT molecular complexity index is 555. The minimum Gasteiger partial charge on any atom is -0.479 e. The minimum absolute atomic E-state index is 0.0809. The van der Waals surface area contributed by atoms with Crippen LogP contribution in [0.1, 0.15) is 23.3 Å². The van der Waals surface area contributed by atoms with Crippen LogP contribution in [0.15, 0.2) is 60.7 Å². The van der Waals surface area contributed by atoms with Gasteiger partial charge in [0, 0.05) is 0 Å². The fourth-order valence-electron chi connectivity index (χ4n) is 2.14. The summed E-state index contributed by atoms with van der Waals surface area (Å²) in [6.45, 7) is 0. The normalized spacial score (nSPS) is 16.7. The van der Waals surface area contributed by atoms with Gasteiger partial charge in [-0.2, -0.15) is 0 Å². The van der Waals surface area contributed by atoms with E-state index in [0.717, 1.165) is 0 Å². The third kappa shape index (κ3) is 2.79. The number of hydrogen-bond acceptors (Lipinski definition) is 3. The van der Waals surface area contributed by atoms with E-state index in [0.29, 0.717) is 0 Å². The molecule has 0 aliphatic rings. The zero-order valence-corrected chi connectivity index (χ0v) is 11.1. The lowest BCUT2D eigenvalue weighted by Gasteiger charge is -2.31. The first kappa shape index (κ1) is 15.2. The van der Waals surface area contributed by atoms with Crippen LogP contribution in [0.3, 0.4) is 0 Å². The van der Waals surface area contributed by atoms with Gasteiger partial charge in [0.05, 0.1) is 0 Å². The summed E-state index contributed by atoms with van der Waals surface area (Å²) >= 11 is 0. The van der Waals surface area contributed by atoms with E-state index in [1.54, 1.807) is 36.4 Å². The van der Waals surface area contributed by atoms with Crippen molar-refractivity contribution in [2.24, 2.45) is 0 Å². The minimum atomic E-state index is -3.25. The van der Waals surface area contributed by atoms with Gasteiger partial charge in [-0.3, -0.25) is 0 Å². The summed E-state index contributed by atoms with van der Waals surface area (Å²) in [6, 6.07) is 15.1. The van der Waals surface area contributed by atoms with Crippen LogP contribution in [-0.4, -0.2) is 27.0 Å². The number of aliphatic hydroxyl groups excluding tert-OH is 2. The zero-order valence-electron chi connectivity index (χ0n) is 11.1. The van der Waals surface area contributed by atoms with E-state index in [1.165, 1.54) is 24.3 Å². The zero-order chi connectivity index (χ0) is 15.5. The van der Waals surface area contributed by atoms with Gasteiger partial charge >= 0.3 is 5.97 Å². The molecule has 0 radical (unpaired) electrons. The van der Waals surface area contributed by atoms with Crippen LogP contribution in [0.4, 0.5) is 4.39 Å². The summed E-state index contributed by atoms with van der Waals surface area (Å²) in [5, 5.41) is 29.5. The third-order valence-corrected chi connectivity index (χ3v) is 3.35. The van der Waals surface area contributed by atoms with Crippen molar-refractivity contribution in [1.82, 2.24) is 0 Å². The Labute approximate surface area is 121 Å². The predicted molar refractivity (Wildman–Crippen MR) is 74.3 cm³/mol. The number of benzene rings is 2. The van der Waals surface area contributed by atoms with Crippen molar-refractivity contribution in [3.8, 4) is 0 Å². The van der Waals surface area contributed by atoms with Crippen molar-refractivity contribution in [2.45, 2.75) is 17.9 Å². The van der Waals surface area contributed by atoms with Gasteiger partial charge in [-0.25, -0.2) is 9.18 Å². The van der Waals surface area contributed by atoms with Gasteiger partial charge < -0.3 is 15.3 Å². The number of carboxylic acid groups (broad SMARTS) is 1. The molecule has 0 aliphatic carbocycles. The lowest BCUT2D eigenvalue weighted by Crippen LogP contribution is -2.45. The number of rotatable bonds is 5. The molecule has 3 N–H and O–H groups in total. The highest BCUT2D eigenvalue weighted by Gasteiger charge is 2.53. The van der Waals surface area contributed by atoms with Gasteiger partial charge in [0.25, 0.3) is 5.67 Å². The van der Waals surface area contributed by atoms with Crippen molar-refractivity contribution in [2.75, 3.05) is 0 Å². The number of aliphatic carboxylic acids is 1. The maximum atomic E-state index is 15.0. The number of alkyl halides is 1. The van der Waals surface area contributed by atoms with Crippen molar-refractivity contribution >= 4 is 5.97 Å². The fourth-order valence-corrected chi connectivity index (χ4v) is 2.14. The Hall–Kier alpha value is -2.24. The molecule has 2 unspecified atom stereocenters. The Morgan fingerprint density at radius 1 is 0.857 bits per heavy atom. The molecule has 5 heteroatoms. The summed E-state index contributed by atoms with van der Waals surface area (Å²) in [6.07, 6.45) is -3.99. The smallest absolute Gasteiger partial charge is 0.347 e. The Morgan fingerprint density at radius 2 is 1.19 bits per heavy atom. The average molecular weight is 290 g/mol. The molecule has 2 atom stereocenters. The van der Waals surface area contributed by atoms with Crippen LogP contribution in [0.5, 0.6) is 0 Å². The maximum absolute atomic E-state index is 15.0. The van der Waals surface area contributed by atoms with Crippen molar-refractivity contribution in [3.05, 3.63) is 71.8 Å². The molecular formula is C16H15FO4. The number of carbonyl (C=O) groups is 1. The number of hydrogen-bond donors (Lipinski definition) is 3. The predicted octanol–water partition coefficient (Wildman–Crippen LogP) is 2.25. The molecule has 0 heterocycles. The summed E-state index contributed by atoms with van der Waals surface area (Å²) in [5.74, 6) is -1.92. The maximum Gasteiger partial charge on any atom is 0.347 e. The molecule has 0 aromatic heterocycles. The first-order valence-electron chi connectivity index (χ1n) is 6.36. The molecule has 4 nitrogen and oxygen atoms in total. The van der Waals surface area contributed by atoms with Crippen LogP contribution < -0.4 is 0 Å². The molecule has 0 spiro atoms. The molecule has 2 rings (SSSR count). The summed E-state index contributed by atoms with van der Waals surface area (Å²) in [7, 11) is 0. The molecule has 21 heavy (non-hydrogen) atoms. The van der Waals surface area contributed by atoms with Crippen LogP contribution in [0.25, 0.3) is 0 Å². The first-order valence-corrected chi connectivity index (χ1v) is 6.36. The molecular weight excluding hydrogens is 275 g/mol. The van der Waals surface area contributed by atoms with Crippen molar-refractivity contribution in [1.29, 1.82) is 0 Å². The van der Waals surface area contributed by atoms with Gasteiger partial charge in [0.1, 0.15) is 12.2 Å². The molecule has 2 aromatic carbocycles. The van der Waals surface area contributed by atoms with Crippen LogP contribution in [0.2, 0.25) is 0 Å². The largest absolute Gasteiger partial charge is 0.479 e. The second kappa shape index (κ2) is 6.03. The fraction of sp³-hybridized carbons (Fsp3) is 0.188. The van der Waals surface area contributed by atoms with E-state index >= 15 is 0 Å². The molecule has 0 saturated carbocycles. The first-order chi connectivity index (χ1) is 9.98. The highest BCUT2D eigenvalue weighted by molar-refractivity contribution is 5.79. The van der Waals surface area contributed by atoms with E-state index in [2.05, 4.69) is 0 Å². The van der Waals surface area contributed by atoms with E-state index in [1.807, 2.05) is 0 Å². The van der Waals surface area contributed by atoms with Crippen LogP contribution in [0, 0.1) is 0 Å².